The van der Waals surface area contributed by atoms with E-state index in [2.05, 4.69) is 29.2 Å². The van der Waals surface area contributed by atoms with Gasteiger partial charge in [-0.3, -0.25) is 4.98 Å². The van der Waals surface area contributed by atoms with E-state index < -0.39 is 0 Å². The smallest absolute Gasteiger partial charge is 0.410 e. The molecule has 0 saturated carbocycles. The van der Waals surface area contributed by atoms with Gasteiger partial charge in [0.15, 0.2) is 0 Å². The van der Waals surface area contributed by atoms with E-state index in [0.717, 1.165) is 29.5 Å². The van der Waals surface area contributed by atoms with Gasteiger partial charge in [-0.05, 0) is 42.5 Å². The molecule has 0 bridgehead atoms. The summed E-state index contributed by atoms with van der Waals surface area (Å²) in [5.74, 6) is 0. The number of cyclic esters (lactones) is 1. The first kappa shape index (κ1) is 17.4. The van der Waals surface area contributed by atoms with Crippen LogP contribution in [0, 0.1) is 0 Å². The van der Waals surface area contributed by atoms with Crippen molar-refractivity contribution in [2.75, 3.05) is 13.2 Å². The Bertz CT molecular complexity index is 688. The number of aromatic nitrogens is 1. The van der Waals surface area contributed by atoms with E-state index in [0.29, 0.717) is 13.0 Å². The number of ether oxygens (including phenoxy) is 1. The Hall–Kier alpha value is -2.40. The highest BCUT2D eigenvalue weighted by molar-refractivity contribution is 5.69. The summed E-state index contributed by atoms with van der Waals surface area (Å²) in [6, 6.07) is 12.1. The number of aliphatic hydroxyl groups excluding tert-OH is 1. The molecule has 5 nitrogen and oxygen atoms in total. The van der Waals surface area contributed by atoms with Crippen molar-refractivity contribution < 1.29 is 14.6 Å². The maximum Gasteiger partial charge on any atom is 0.410 e. The zero-order valence-corrected chi connectivity index (χ0v) is 14.5. The number of pyridine rings is 1. The van der Waals surface area contributed by atoms with Crippen molar-refractivity contribution in [1.29, 1.82) is 0 Å². The molecule has 1 fully saturated rings. The average Bonchev–Trinajstić information content (AvgIpc) is 2.67. The zero-order chi connectivity index (χ0) is 17.6. The monoisotopic (exact) mass is 340 g/mol. The van der Waals surface area contributed by atoms with Crippen LogP contribution in [0.2, 0.25) is 0 Å². The SMILES string of the molecule is CC(c1ccc(-c2cccnc2)cc1)N1CCC(CCCO)OC1=O. The van der Waals surface area contributed by atoms with E-state index in [1.54, 1.807) is 11.1 Å². The van der Waals surface area contributed by atoms with Gasteiger partial charge in [0, 0.05) is 32.0 Å². The standard InChI is InChI=1S/C20H24N2O3/c1-15(22-12-10-19(5-3-13-23)25-20(22)24)16-6-8-17(9-7-16)18-4-2-11-21-14-18/h2,4,6-9,11,14-15,19,23H,3,5,10,12-13H2,1H3. The fraction of sp³-hybridized carbons (Fsp3) is 0.400. The molecule has 2 atom stereocenters. The maximum absolute atomic E-state index is 12.3. The lowest BCUT2D eigenvalue weighted by molar-refractivity contribution is 0.00760. The molecule has 1 amide bonds. The van der Waals surface area contributed by atoms with Crippen molar-refractivity contribution >= 4 is 6.09 Å². The van der Waals surface area contributed by atoms with Gasteiger partial charge in [0.25, 0.3) is 0 Å². The van der Waals surface area contributed by atoms with Gasteiger partial charge in [0.2, 0.25) is 0 Å². The van der Waals surface area contributed by atoms with Gasteiger partial charge < -0.3 is 14.7 Å². The molecule has 1 aliphatic heterocycles. The minimum Gasteiger partial charge on any atom is -0.446 e. The Morgan fingerprint density at radius 2 is 2.08 bits per heavy atom. The number of rotatable bonds is 6. The summed E-state index contributed by atoms with van der Waals surface area (Å²) >= 11 is 0. The summed E-state index contributed by atoms with van der Waals surface area (Å²) in [6.45, 7) is 2.84. The van der Waals surface area contributed by atoms with Gasteiger partial charge in [0.1, 0.15) is 6.10 Å². The quantitative estimate of drug-likeness (QED) is 0.869. The number of nitrogens with zero attached hydrogens (tertiary/aromatic N) is 2. The number of aliphatic hydroxyl groups is 1. The van der Waals surface area contributed by atoms with Gasteiger partial charge in [-0.15, -0.1) is 0 Å². The van der Waals surface area contributed by atoms with Crippen molar-refractivity contribution in [3.05, 3.63) is 54.4 Å². The van der Waals surface area contributed by atoms with Crippen LogP contribution in [0.4, 0.5) is 4.79 Å². The van der Waals surface area contributed by atoms with Crippen LogP contribution in [-0.4, -0.2) is 40.3 Å². The third-order valence-electron chi connectivity index (χ3n) is 4.73. The maximum atomic E-state index is 12.3. The summed E-state index contributed by atoms with van der Waals surface area (Å²) in [4.78, 5) is 18.2. The highest BCUT2D eigenvalue weighted by Gasteiger charge is 2.30. The van der Waals surface area contributed by atoms with E-state index in [1.807, 2.05) is 25.3 Å². The molecule has 0 aliphatic carbocycles. The highest BCUT2D eigenvalue weighted by atomic mass is 16.6. The molecular formula is C20H24N2O3. The molecule has 3 rings (SSSR count). The summed E-state index contributed by atoms with van der Waals surface area (Å²) in [5, 5.41) is 8.90. The van der Waals surface area contributed by atoms with Crippen LogP contribution in [0.25, 0.3) is 11.1 Å². The first-order valence-electron chi connectivity index (χ1n) is 8.77. The second kappa shape index (κ2) is 8.12. The minimum atomic E-state index is -0.266. The van der Waals surface area contributed by atoms with Crippen LogP contribution in [-0.2, 0) is 4.74 Å². The highest BCUT2D eigenvalue weighted by Crippen LogP contribution is 2.28. The molecule has 1 aromatic heterocycles. The molecule has 2 heterocycles. The molecule has 132 valence electrons. The normalized spacial score (nSPS) is 18.7. The van der Waals surface area contributed by atoms with Crippen LogP contribution in [0.3, 0.4) is 0 Å². The Morgan fingerprint density at radius 1 is 1.28 bits per heavy atom. The average molecular weight is 340 g/mol. The third kappa shape index (κ3) is 4.17. The minimum absolute atomic E-state index is 0.0331. The molecule has 5 heteroatoms. The second-order valence-electron chi connectivity index (χ2n) is 6.39. The summed E-state index contributed by atoms with van der Waals surface area (Å²) in [5.41, 5.74) is 3.26. The molecule has 1 aliphatic rings. The van der Waals surface area contributed by atoms with Gasteiger partial charge in [-0.2, -0.15) is 0 Å². The molecule has 0 radical (unpaired) electrons. The summed E-state index contributed by atoms with van der Waals surface area (Å²) in [7, 11) is 0. The lowest BCUT2D eigenvalue weighted by Crippen LogP contribution is -2.43. The number of hydrogen-bond donors (Lipinski definition) is 1. The molecule has 1 saturated heterocycles. The van der Waals surface area contributed by atoms with Crippen LogP contribution in [0.1, 0.15) is 37.8 Å². The number of hydrogen-bond acceptors (Lipinski definition) is 4. The molecule has 1 aromatic carbocycles. The van der Waals surface area contributed by atoms with Crippen molar-refractivity contribution in [3.63, 3.8) is 0 Å². The summed E-state index contributed by atoms with van der Waals surface area (Å²) in [6.07, 6.45) is 5.47. The van der Waals surface area contributed by atoms with Crippen LogP contribution >= 0.6 is 0 Å². The molecule has 1 N–H and O–H groups in total. The van der Waals surface area contributed by atoms with E-state index >= 15 is 0 Å². The molecule has 0 spiro atoms. The summed E-state index contributed by atoms with van der Waals surface area (Å²) < 4.78 is 5.50. The number of amides is 1. The molecule has 2 aromatic rings. The topological polar surface area (TPSA) is 62.7 Å². The fourth-order valence-electron chi connectivity index (χ4n) is 3.19. The molecule has 2 unspecified atom stereocenters. The van der Waals surface area contributed by atoms with Gasteiger partial charge in [-0.25, -0.2) is 4.79 Å². The fourth-order valence-corrected chi connectivity index (χ4v) is 3.19. The lowest BCUT2D eigenvalue weighted by Gasteiger charge is -2.35. The van der Waals surface area contributed by atoms with Crippen molar-refractivity contribution in [2.24, 2.45) is 0 Å². The number of benzene rings is 1. The Kier molecular flexibility index (Phi) is 5.66. The van der Waals surface area contributed by atoms with Crippen LogP contribution in [0.5, 0.6) is 0 Å². The van der Waals surface area contributed by atoms with Crippen molar-refractivity contribution in [1.82, 2.24) is 9.88 Å². The Morgan fingerprint density at radius 3 is 2.72 bits per heavy atom. The Labute approximate surface area is 148 Å². The first-order chi connectivity index (χ1) is 12.2. The van der Waals surface area contributed by atoms with E-state index in [1.165, 1.54) is 0 Å². The third-order valence-corrected chi connectivity index (χ3v) is 4.73. The first-order valence-corrected chi connectivity index (χ1v) is 8.77. The van der Waals surface area contributed by atoms with Crippen LogP contribution < -0.4 is 0 Å². The van der Waals surface area contributed by atoms with Crippen molar-refractivity contribution in [2.45, 2.75) is 38.3 Å². The largest absolute Gasteiger partial charge is 0.446 e. The Balaban J connectivity index is 1.65. The van der Waals surface area contributed by atoms with Crippen LogP contribution in [0.15, 0.2) is 48.8 Å². The van der Waals surface area contributed by atoms with Gasteiger partial charge >= 0.3 is 6.09 Å². The predicted molar refractivity (Wildman–Crippen MR) is 96.0 cm³/mol. The zero-order valence-electron chi connectivity index (χ0n) is 14.5. The molecular weight excluding hydrogens is 316 g/mol. The van der Waals surface area contributed by atoms with E-state index in [9.17, 15) is 4.79 Å². The molecule has 25 heavy (non-hydrogen) atoms. The second-order valence-corrected chi connectivity index (χ2v) is 6.39. The van der Waals surface area contributed by atoms with E-state index in [4.69, 9.17) is 9.84 Å². The van der Waals surface area contributed by atoms with Crippen molar-refractivity contribution in [3.8, 4) is 11.1 Å². The van der Waals surface area contributed by atoms with Gasteiger partial charge in [0.05, 0.1) is 6.04 Å². The predicted octanol–water partition coefficient (Wildman–Crippen LogP) is 3.79. The van der Waals surface area contributed by atoms with Gasteiger partial charge in [-0.1, -0.05) is 30.3 Å². The lowest BCUT2D eigenvalue weighted by atomic mass is 10.0. The van der Waals surface area contributed by atoms with E-state index in [-0.39, 0.29) is 24.8 Å². The number of carbonyl (C=O) groups excluding carboxylic acids is 1. The number of carbonyl (C=O) groups is 1.